The fourth-order valence-corrected chi connectivity index (χ4v) is 3.98. The molecule has 3 aromatic rings. The largest absolute Gasteiger partial charge is 0.476 e. The predicted molar refractivity (Wildman–Crippen MR) is 126 cm³/mol. The lowest BCUT2D eigenvalue weighted by atomic mass is 10.0. The molecule has 10 nitrogen and oxygen atoms in total. The Morgan fingerprint density at radius 2 is 1.82 bits per heavy atom. The number of sulfonamides is 1. The summed E-state index contributed by atoms with van der Waals surface area (Å²) in [6.45, 7) is 5.32. The van der Waals surface area contributed by atoms with E-state index in [1.165, 1.54) is 12.1 Å². The molecule has 33 heavy (non-hydrogen) atoms. The number of nitrogens with two attached hydrogens (primary N) is 1. The molecule has 0 aliphatic carbocycles. The van der Waals surface area contributed by atoms with Gasteiger partial charge in [-0.2, -0.15) is 4.98 Å². The zero-order valence-corrected chi connectivity index (χ0v) is 19.4. The predicted octanol–water partition coefficient (Wildman–Crippen LogP) is 3.05. The van der Waals surface area contributed by atoms with Crippen molar-refractivity contribution < 1.29 is 17.9 Å². The van der Waals surface area contributed by atoms with Crippen LogP contribution in [0.2, 0.25) is 0 Å². The van der Waals surface area contributed by atoms with Crippen molar-refractivity contribution >= 4 is 44.8 Å². The van der Waals surface area contributed by atoms with Gasteiger partial charge in [0.05, 0.1) is 10.6 Å². The number of carbonyl (C=O) groups is 1. The summed E-state index contributed by atoms with van der Waals surface area (Å²) >= 11 is 0. The van der Waals surface area contributed by atoms with Crippen LogP contribution in [-0.4, -0.2) is 36.9 Å². The van der Waals surface area contributed by atoms with Crippen LogP contribution in [0.3, 0.4) is 0 Å². The molecule has 0 saturated carbocycles. The maximum absolute atomic E-state index is 12.5. The molecule has 11 heteroatoms. The van der Waals surface area contributed by atoms with Crippen molar-refractivity contribution in [2.75, 3.05) is 22.6 Å². The van der Waals surface area contributed by atoms with Gasteiger partial charge in [-0.1, -0.05) is 6.07 Å². The summed E-state index contributed by atoms with van der Waals surface area (Å²) in [5.74, 6) is 1.29. The lowest BCUT2D eigenvalue weighted by Crippen LogP contribution is -2.50. The molecule has 2 heterocycles. The summed E-state index contributed by atoms with van der Waals surface area (Å²) < 4.78 is 29.0. The van der Waals surface area contributed by atoms with Gasteiger partial charge in [0.1, 0.15) is 11.6 Å². The van der Waals surface area contributed by atoms with E-state index in [9.17, 15) is 13.2 Å². The number of primary sulfonamides is 1. The van der Waals surface area contributed by atoms with Crippen LogP contribution in [0.4, 0.5) is 28.8 Å². The first-order valence-corrected chi connectivity index (χ1v) is 11.6. The molecule has 0 spiro atoms. The van der Waals surface area contributed by atoms with E-state index in [0.717, 1.165) is 5.56 Å². The van der Waals surface area contributed by atoms with Crippen LogP contribution >= 0.6 is 0 Å². The highest BCUT2D eigenvalue weighted by Crippen LogP contribution is 2.39. The number of hydrogen-bond acceptors (Lipinski definition) is 8. The van der Waals surface area contributed by atoms with Gasteiger partial charge in [-0.05, 0) is 57.2 Å². The van der Waals surface area contributed by atoms with Gasteiger partial charge in [0.15, 0.2) is 5.60 Å². The third kappa shape index (κ3) is 4.59. The van der Waals surface area contributed by atoms with E-state index in [0.29, 0.717) is 28.6 Å². The Balaban J connectivity index is 1.59. The molecule has 1 amide bonds. The van der Waals surface area contributed by atoms with Crippen molar-refractivity contribution in [2.24, 2.45) is 5.14 Å². The molecule has 1 aliphatic heterocycles. The summed E-state index contributed by atoms with van der Waals surface area (Å²) in [6.07, 6.45) is 1.64. The second kappa shape index (κ2) is 8.01. The number of fused-ring (bicyclic) bond motifs is 1. The number of amides is 1. The van der Waals surface area contributed by atoms with E-state index < -0.39 is 15.6 Å². The van der Waals surface area contributed by atoms with Crippen LogP contribution < -0.4 is 25.4 Å². The summed E-state index contributed by atoms with van der Waals surface area (Å²) in [6, 6.07) is 11.5. The number of anilines is 5. The lowest BCUT2D eigenvalue weighted by Gasteiger charge is -2.37. The number of likely N-dealkylation sites (N-methyl/N-ethyl adjacent to an activating group) is 1. The molecular formula is C22H24N6O4S. The van der Waals surface area contributed by atoms with Crippen LogP contribution in [0.1, 0.15) is 19.4 Å². The highest BCUT2D eigenvalue weighted by atomic mass is 32.2. The molecule has 1 aliphatic rings. The monoisotopic (exact) mass is 468 g/mol. The number of nitrogens with one attached hydrogen (secondary N) is 2. The SMILES string of the molecule is Cc1cnc(Nc2cccc(S(N)(=O)=O)c2)nc1Nc1ccc2c(c1)N(C)C(=O)C(C)(C)O2. The van der Waals surface area contributed by atoms with Crippen LogP contribution in [-0.2, 0) is 14.8 Å². The van der Waals surface area contributed by atoms with E-state index in [-0.39, 0.29) is 16.8 Å². The Morgan fingerprint density at radius 3 is 2.55 bits per heavy atom. The smallest absolute Gasteiger partial charge is 0.270 e. The summed E-state index contributed by atoms with van der Waals surface area (Å²) in [7, 11) is -2.12. The molecule has 0 atom stereocenters. The first-order valence-electron chi connectivity index (χ1n) is 10.1. The number of rotatable bonds is 5. The van der Waals surface area contributed by atoms with Crippen LogP contribution in [0.15, 0.2) is 53.6 Å². The molecule has 4 N–H and O–H groups in total. The van der Waals surface area contributed by atoms with Crippen molar-refractivity contribution in [1.82, 2.24) is 9.97 Å². The van der Waals surface area contributed by atoms with Crippen LogP contribution in [0.5, 0.6) is 5.75 Å². The number of aromatic nitrogens is 2. The Hall–Kier alpha value is -3.70. The lowest BCUT2D eigenvalue weighted by molar-refractivity contribution is -0.132. The highest BCUT2D eigenvalue weighted by molar-refractivity contribution is 7.89. The fraction of sp³-hybridized carbons (Fsp3) is 0.227. The van der Waals surface area contributed by atoms with Crippen LogP contribution in [0.25, 0.3) is 0 Å². The number of hydrogen-bond donors (Lipinski definition) is 3. The Kier molecular flexibility index (Phi) is 5.46. The Morgan fingerprint density at radius 1 is 1.09 bits per heavy atom. The van der Waals surface area contributed by atoms with E-state index in [4.69, 9.17) is 9.88 Å². The van der Waals surface area contributed by atoms with Gasteiger partial charge in [-0.15, -0.1) is 0 Å². The molecule has 0 fully saturated rings. The first kappa shape index (κ1) is 22.5. The molecular weight excluding hydrogens is 444 g/mol. The van der Waals surface area contributed by atoms with Crippen molar-refractivity contribution in [2.45, 2.75) is 31.3 Å². The molecule has 0 bridgehead atoms. The summed E-state index contributed by atoms with van der Waals surface area (Å²) in [4.78, 5) is 22.9. The van der Waals surface area contributed by atoms with Gasteiger partial charge in [0.25, 0.3) is 5.91 Å². The van der Waals surface area contributed by atoms with Gasteiger partial charge in [0.2, 0.25) is 16.0 Å². The zero-order chi connectivity index (χ0) is 24.0. The van der Waals surface area contributed by atoms with Crippen molar-refractivity contribution in [3.63, 3.8) is 0 Å². The van der Waals surface area contributed by atoms with Crippen LogP contribution in [0, 0.1) is 6.92 Å². The Bertz CT molecular complexity index is 1360. The third-order valence-corrected chi connectivity index (χ3v) is 6.07. The molecule has 172 valence electrons. The van der Waals surface area contributed by atoms with E-state index in [2.05, 4.69) is 20.6 Å². The number of nitrogens with zero attached hydrogens (tertiary/aromatic N) is 3. The number of ether oxygens (including phenoxy) is 1. The standard InChI is InChI=1S/C22H24N6O4S/c1-13-12-24-21(26-14-6-5-7-16(10-14)33(23,30)31)27-19(13)25-15-8-9-18-17(11-15)28(4)20(29)22(2,3)32-18/h5-12H,1-4H3,(H2,23,30,31)(H2,24,25,26,27). The van der Waals surface area contributed by atoms with E-state index >= 15 is 0 Å². The van der Waals surface area contributed by atoms with Gasteiger partial charge in [-0.3, -0.25) is 4.79 Å². The van der Waals surface area contributed by atoms with Gasteiger partial charge in [0, 0.05) is 30.2 Å². The summed E-state index contributed by atoms with van der Waals surface area (Å²) in [5, 5.41) is 11.4. The highest BCUT2D eigenvalue weighted by Gasteiger charge is 2.39. The maximum atomic E-state index is 12.5. The summed E-state index contributed by atoms with van der Waals surface area (Å²) in [5.41, 5.74) is 1.69. The van der Waals surface area contributed by atoms with Gasteiger partial charge < -0.3 is 20.3 Å². The minimum Gasteiger partial charge on any atom is -0.476 e. The minimum absolute atomic E-state index is 0.0175. The van der Waals surface area contributed by atoms with E-state index in [1.54, 1.807) is 50.2 Å². The molecule has 1 aromatic heterocycles. The fourth-order valence-electron chi connectivity index (χ4n) is 3.42. The van der Waals surface area contributed by atoms with Crippen molar-refractivity contribution in [3.05, 3.63) is 54.2 Å². The molecule has 0 unspecified atom stereocenters. The molecule has 0 radical (unpaired) electrons. The van der Waals surface area contributed by atoms with Gasteiger partial charge in [-0.25, -0.2) is 18.5 Å². The average molecular weight is 469 g/mol. The third-order valence-electron chi connectivity index (χ3n) is 5.16. The number of aryl methyl sites for hydroxylation is 1. The normalized spacial score (nSPS) is 14.9. The van der Waals surface area contributed by atoms with Gasteiger partial charge >= 0.3 is 0 Å². The van der Waals surface area contributed by atoms with Crippen molar-refractivity contribution in [1.29, 1.82) is 0 Å². The number of benzene rings is 2. The molecule has 2 aromatic carbocycles. The quantitative estimate of drug-likeness (QED) is 0.519. The average Bonchev–Trinajstić information content (AvgIpc) is 2.74. The zero-order valence-electron chi connectivity index (χ0n) is 18.6. The second-order valence-corrected chi connectivity index (χ2v) is 9.77. The Labute approximate surface area is 191 Å². The topological polar surface area (TPSA) is 140 Å². The molecule has 0 saturated heterocycles. The van der Waals surface area contributed by atoms with E-state index in [1.807, 2.05) is 19.1 Å². The minimum atomic E-state index is -3.83. The number of carbonyl (C=O) groups excluding carboxylic acids is 1. The maximum Gasteiger partial charge on any atom is 0.270 e. The molecule has 4 rings (SSSR count). The first-order chi connectivity index (χ1) is 15.4. The second-order valence-electron chi connectivity index (χ2n) is 8.21. The van der Waals surface area contributed by atoms with Crippen molar-refractivity contribution in [3.8, 4) is 5.75 Å².